The fourth-order valence-corrected chi connectivity index (χ4v) is 5.02. The van der Waals surface area contributed by atoms with Crippen LogP contribution in [0, 0.1) is 12.8 Å². The first-order chi connectivity index (χ1) is 15.5. The summed E-state index contributed by atoms with van der Waals surface area (Å²) < 4.78 is 1.92. The van der Waals surface area contributed by atoms with E-state index < -0.39 is 0 Å². The third kappa shape index (κ3) is 4.03. The zero-order chi connectivity index (χ0) is 22.2. The van der Waals surface area contributed by atoms with Crippen LogP contribution in [0.2, 0.25) is 5.02 Å². The van der Waals surface area contributed by atoms with Crippen LogP contribution in [-0.4, -0.2) is 28.5 Å². The highest BCUT2D eigenvalue weighted by atomic mass is 35.5. The number of aryl methyl sites for hydroxylation is 1. The fraction of sp³-hybridized carbons (Fsp3) is 0.259. The zero-order valence-electron chi connectivity index (χ0n) is 18.0. The largest absolute Gasteiger partial charge is 0.338 e. The summed E-state index contributed by atoms with van der Waals surface area (Å²) in [5, 5.41) is 0.692. The summed E-state index contributed by atoms with van der Waals surface area (Å²) in [7, 11) is 0. The van der Waals surface area contributed by atoms with Crippen LogP contribution in [0.15, 0.2) is 65.5 Å². The molecular formula is C27H25ClN2O2. The summed E-state index contributed by atoms with van der Waals surface area (Å²) in [6.07, 6.45) is 4.83. The molecule has 2 atom stereocenters. The number of benzene rings is 2. The van der Waals surface area contributed by atoms with Crippen LogP contribution in [0.1, 0.15) is 45.1 Å². The van der Waals surface area contributed by atoms with Crippen molar-refractivity contribution in [2.24, 2.45) is 5.92 Å². The highest BCUT2D eigenvalue weighted by molar-refractivity contribution is 6.30. The number of nitrogens with zero attached hydrogens (tertiary/aromatic N) is 2. The molecule has 0 saturated carbocycles. The van der Waals surface area contributed by atoms with Crippen molar-refractivity contribution in [3.63, 3.8) is 0 Å². The predicted molar refractivity (Wildman–Crippen MR) is 129 cm³/mol. The summed E-state index contributed by atoms with van der Waals surface area (Å²) in [5.74, 6) is 0.570. The van der Waals surface area contributed by atoms with Crippen molar-refractivity contribution < 1.29 is 4.79 Å². The second kappa shape index (κ2) is 8.44. The lowest BCUT2D eigenvalue weighted by Gasteiger charge is -2.43. The van der Waals surface area contributed by atoms with Crippen molar-refractivity contribution in [3.05, 3.63) is 104 Å². The van der Waals surface area contributed by atoms with Crippen molar-refractivity contribution in [3.8, 4) is 0 Å². The molecule has 1 saturated heterocycles. The number of piperidine rings is 1. The van der Waals surface area contributed by atoms with Gasteiger partial charge in [-0.25, -0.2) is 0 Å². The number of carbonyl (C=O) groups excluding carboxylic acids is 1. The second-order valence-electron chi connectivity index (χ2n) is 8.89. The van der Waals surface area contributed by atoms with Gasteiger partial charge in [0.05, 0.1) is 0 Å². The van der Waals surface area contributed by atoms with Gasteiger partial charge in [0, 0.05) is 47.4 Å². The molecule has 2 bridgehead atoms. The van der Waals surface area contributed by atoms with Gasteiger partial charge in [-0.3, -0.25) is 9.59 Å². The molecule has 3 heterocycles. The highest BCUT2D eigenvalue weighted by Gasteiger charge is 2.36. The molecule has 4 nitrogen and oxygen atoms in total. The van der Waals surface area contributed by atoms with Gasteiger partial charge in [-0.2, -0.15) is 0 Å². The number of likely N-dealkylation sites (tertiary alicyclic amines) is 1. The molecule has 3 aromatic rings. The molecule has 32 heavy (non-hydrogen) atoms. The van der Waals surface area contributed by atoms with Gasteiger partial charge in [-0.15, -0.1) is 0 Å². The van der Waals surface area contributed by atoms with Crippen molar-refractivity contribution in [1.29, 1.82) is 0 Å². The van der Waals surface area contributed by atoms with Gasteiger partial charge < -0.3 is 9.47 Å². The Bertz CT molecular complexity index is 1240. The molecule has 2 aliphatic heterocycles. The molecule has 1 fully saturated rings. The number of carbonyl (C=O) groups is 1. The number of fused-ring (bicyclic) bond motifs is 4. The maximum atomic E-state index is 13.2. The van der Waals surface area contributed by atoms with Gasteiger partial charge in [-0.1, -0.05) is 47.5 Å². The summed E-state index contributed by atoms with van der Waals surface area (Å²) in [6, 6.07) is 19.3. The quantitative estimate of drug-likeness (QED) is 0.554. The number of hydrogen-bond acceptors (Lipinski definition) is 2. The van der Waals surface area contributed by atoms with Crippen molar-refractivity contribution in [2.75, 3.05) is 13.1 Å². The Labute approximate surface area is 192 Å². The normalized spacial score (nSPS) is 19.8. The molecule has 2 aliphatic rings. The van der Waals surface area contributed by atoms with Gasteiger partial charge in [0.1, 0.15) is 0 Å². The lowest BCUT2D eigenvalue weighted by molar-refractivity contribution is 0.0594. The average molecular weight is 445 g/mol. The van der Waals surface area contributed by atoms with Crippen LogP contribution in [0.3, 0.4) is 0 Å². The molecule has 162 valence electrons. The molecule has 0 spiro atoms. The van der Waals surface area contributed by atoms with E-state index in [1.54, 1.807) is 0 Å². The van der Waals surface area contributed by atoms with Gasteiger partial charge in [0.25, 0.3) is 11.5 Å². The Kier molecular flexibility index (Phi) is 5.48. The molecule has 2 aromatic carbocycles. The Morgan fingerprint density at radius 1 is 0.938 bits per heavy atom. The first kappa shape index (κ1) is 20.8. The zero-order valence-corrected chi connectivity index (χ0v) is 18.8. The van der Waals surface area contributed by atoms with Crippen LogP contribution in [0.5, 0.6) is 0 Å². The molecule has 5 rings (SSSR count). The van der Waals surface area contributed by atoms with E-state index in [-0.39, 0.29) is 17.4 Å². The Hall–Kier alpha value is -3.11. The second-order valence-corrected chi connectivity index (χ2v) is 9.33. The molecule has 1 amide bonds. The molecule has 0 N–H and O–H groups in total. The number of halogens is 1. The van der Waals surface area contributed by atoms with Gasteiger partial charge in [-0.05, 0) is 67.3 Å². The minimum Gasteiger partial charge on any atom is -0.338 e. The van der Waals surface area contributed by atoms with Gasteiger partial charge in [0.15, 0.2) is 0 Å². The first-order valence-electron chi connectivity index (χ1n) is 11.0. The summed E-state index contributed by atoms with van der Waals surface area (Å²) >= 11 is 5.95. The SMILES string of the molecule is Cc1ccc(C(=O)N2C[C@H]3C[C@H](C2)c2ccc(C=Cc4ccc(Cl)cc4)c(=O)n2C3)cc1. The van der Waals surface area contributed by atoms with Crippen LogP contribution in [-0.2, 0) is 6.54 Å². The molecular weight excluding hydrogens is 420 g/mol. The van der Waals surface area contributed by atoms with Crippen LogP contribution in [0.4, 0.5) is 0 Å². The van der Waals surface area contributed by atoms with Crippen LogP contribution < -0.4 is 5.56 Å². The third-order valence-corrected chi connectivity index (χ3v) is 6.80. The van der Waals surface area contributed by atoms with Gasteiger partial charge in [0.2, 0.25) is 0 Å². The average Bonchev–Trinajstić information content (AvgIpc) is 2.80. The van der Waals surface area contributed by atoms with Gasteiger partial charge >= 0.3 is 0 Å². The third-order valence-electron chi connectivity index (χ3n) is 6.54. The maximum absolute atomic E-state index is 13.2. The van der Waals surface area contributed by atoms with E-state index in [2.05, 4.69) is 6.07 Å². The van der Waals surface area contributed by atoms with E-state index in [0.29, 0.717) is 36.1 Å². The maximum Gasteiger partial charge on any atom is 0.258 e. The van der Waals surface area contributed by atoms with E-state index in [9.17, 15) is 9.59 Å². The van der Waals surface area contributed by atoms with Crippen LogP contribution >= 0.6 is 11.6 Å². The number of hydrogen-bond donors (Lipinski definition) is 0. The lowest BCUT2D eigenvalue weighted by atomic mass is 9.82. The molecule has 0 aliphatic carbocycles. The Balaban J connectivity index is 1.38. The highest BCUT2D eigenvalue weighted by Crippen LogP contribution is 2.35. The van der Waals surface area contributed by atoms with E-state index in [4.69, 9.17) is 11.6 Å². The van der Waals surface area contributed by atoms with Crippen molar-refractivity contribution in [1.82, 2.24) is 9.47 Å². The minimum atomic E-state index is 0.0423. The molecule has 0 radical (unpaired) electrons. The standard InChI is InChI=1S/C27H25ClN2O2/c1-18-2-7-21(8-3-18)26(31)29-15-20-14-23(17-29)25-13-10-22(27(32)30(25)16-20)9-4-19-5-11-24(28)12-6-19/h2-13,20,23H,14-17H2,1H3/t20-,23-/m1/s1. The minimum absolute atomic E-state index is 0.0423. The number of aromatic nitrogens is 1. The number of amides is 1. The molecule has 5 heteroatoms. The van der Waals surface area contributed by atoms with E-state index in [0.717, 1.165) is 28.8 Å². The van der Waals surface area contributed by atoms with Crippen molar-refractivity contribution >= 4 is 29.7 Å². The summed E-state index contributed by atoms with van der Waals surface area (Å²) in [4.78, 5) is 28.2. The predicted octanol–water partition coefficient (Wildman–Crippen LogP) is 5.24. The molecule has 1 aromatic heterocycles. The van der Waals surface area contributed by atoms with E-state index >= 15 is 0 Å². The first-order valence-corrected chi connectivity index (χ1v) is 11.4. The number of pyridine rings is 1. The van der Waals surface area contributed by atoms with Crippen LogP contribution in [0.25, 0.3) is 12.2 Å². The number of rotatable bonds is 3. The summed E-state index contributed by atoms with van der Waals surface area (Å²) in [5.41, 5.74) is 4.63. The van der Waals surface area contributed by atoms with E-state index in [1.807, 2.05) is 83.1 Å². The monoisotopic (exact) mass is 444 g/mol. The van der Waals surface area contributed by atoms with E-state index in [1.165, 1.54) is 0 Å². The Morgan fingerprint density at radius 2 is 1.69 bits per heavy atom. The van der Waals surface area contributed by atoms with Crippen molar-refractivity contribution in [2.45, 2.75) is 25.8 Å². The summed E-state index contributed by atoms with van der Waals surface area (Å²) in [6.45, 7) is 4.03. The molecule has 0 unspecified atom stereocenters. The Morgan fingerprint density at radius 3 is 2.44 bits per heavy atom. The lowest BCUT2D eigenvalue weighted by Crippen LogP contribution is -2.49. The topological polar surface area (TPSA) is 42.3 Å². The fourth-order valence-electron chi connectivity index (χ4n) is 4.89. The smallest absolute Gasteiger partial charge is 0.258 e.